The largest absolute Gasteiger partial charge is 0.324 e. The fraction of sp³-hybridized carbons (Fsp3) is 0.273. The van der Waals surface area contributed by atoms with Crippen LogP contribution in [0, 0.1) is 5.82 Å². The van der Waals surface area contributed by atoms with E-state index in [0.29, 0.717) is 17.0 Å². The van der Waals surface area contributed by atoms with Crippen LogP contribution >= 0.6 is 11.6 Å². The topological polar surface area (TPSA) is 26.0 Å². The third-order valence-electron chi connectivity index (χ3n) is 1.88. The van der Waals surface area contributed by atoms with Gasteiger partial charge in [0.2, 0.25) is 0 Å². The lowest BCUT2D eigenvalue weighted by Gasteiger charge is -2.12. The van der Waals surface area contributed by atoms with Crippen LogP contribution in [0.3, 0.4) is 0 Å². The maximum atomic E-state index is 13.0. The summed E-state index contributed by atoms with van der Waals surface area (Å²) < 4.78 is 13.0. The molecule has 0 aromatic heterocycles. The van der Waals surface area contributed by atoms with Crippen molar-refractivity contribution in [3.63, 3.8) is 0 Å². The molecule has 0 unspecified atom stereocenters. The standard InChI is InChI=1S/C11H13ClFN/c1-7(2)3-11(14)8-4-9(12)6-10(13)5-8/h4-6,11H,1,3,14H2,2H3/t11-/m1/s1. The second-order valence-electron chi connectivity index (χ2n) is 3.47. The van der Waals surface area contributed by atoms with Gasteiger partial charge in [-0.05, 0) is 37.1 Å². The van der Waals surface area contributed by atoms with Crippen LogP contribution in [0.25, 0.3) is 0 Å². The molecule has 0 spiro atoms. The van der Waals surface area contributed by atoms with Gasteiger partial charge in [0.05, 0.1) is 0 Å². The van der Waals surface area contributed by atoms with E-state index in [-0.39, 0.29) is 11.9 Å². The van der Waals surface area contributed by atoms with Gasteiger partial charge in [-0.1, -0.05) is 17.2 Å². The van der Waals surface area contributed by atoms with Gasteiger partial charge in [0, 0.05) is 11.1 Å². The minimum Gasteiger partial charge on any atom is -0.324 e. The number of halogens is 2. The van der Waals surface area contributed by atoms with E-state index in [1.807, 2.05) is 6.92 Å². The first-order valence-corrected chi connectivity index (χ1v) is 4.73. The van der Waals surface area contributed by atoms with Crippen molar-refractivity contribution < 1.29 is 4.39 Å². The molecule has 0 fully saturated rings. The molecule has 1 nitrogen and oxygen atoms in total. The Labute approximate surface area is 88.4 Å². The molecule has 1 rings (SSSR count). The fourth-order valence-electron chi connectivity index (χ4n) is 1.28. The van der Waals surface area contributed by atoms with E-state index in [0.717, 1.165) is 5.57 Å². The number of hydrogen-bond donors (Lipinski definition) is 1. The summed E-state index contributed by atoms with van der Waals surface area (Å²) in [5, 5.41) is 0.372. The van der Waals surface area contributed by atoms with Crippen molar-refractivity contribution in [2.24, 2.45) is 5.73 Å². The van der Waals surface area contributed by atoms with Crippen LogP contribution in [0.2, 0.25) is 5.02 Å². The highest BCUT2D eigenvalue weighted by Gasteiger charge is 2.08. The van der Waals surface area contributed by atoms with Gasteiger partial charge in [0.1, 0.15) is 5.82 Å². The Morgan fingerprint density at radius 1 is 1.57 bits per heavy atom. The normalized spacial score (nSPS) is 12.6. The fourth-order valence-corrected chi connectivity index (χ4v) is 1.51. The molecule has 76 valence electrons. The van der Waals surface area contributed by atoms with E-state index in [1.165, 1.54) is 12.1 Å². The van der Waals surface area contributed by atoms with Gasteiger partial charge in [0.25, 0.3) is 0 Å². The summed E-state index contributed by atoms with van der Waals surface area (Å²) in [6.07, 6.45) is 0.639. The molecule has 0 saturated carbocycles. The van der Waals surface area contributed by atoms with E-state index in [2.05, 4.69) is 6.58 Å². The van der Waals surface area contributed by atoms with Gasteiger partial charge < -0.3 is 5.73 Å². The van der Waals surface area contributed by atoms with Crippen LogP contribution in [-0.4, -0.2) is 0 Å². The molecule has 1 atom stereocenters. The van der Waals surface area contributed by atoms with Crippen LogP contribution in [0.15, 0.2) is 30.4 Å². The van der Waals surface area contributed by atoms with Crippen molar-refractivity contribution >= 4 is 11.6 Å². The number of hydrogen-bond acceptors (Lipinski definition) is 1. The lowest BCUT2D eigenvalue weighted by atomic mass is 10.0. The molecular formula is C11H13ClFN. The van der Waals surface area contributed by atoms with Crippen molar-refractivity contribution in [1.29, 1.82) is 0 Å². The van der Waals surface area contributed by atoms with E-state index in [4.69, 9.17) is 17.3 Å². The van der Waals surface area contributed by atoms with Crippen LogP contribution in [0.1, 0.15) is 24.9 Å². The average molecular weight is 214 g/mol. The minimum atomic E-state index is -0.357. The third-order valence-corrected chi connectivity index (χ3v) is 2.10. The second kappa shape index (κ2) is 4.58. The highest BCUT2D eigenvalue weighted by Crippen LogP contribution is 2.22. The summed E-state index contributed by atoms with van der Waals surface area (Å²) in [5.41, 5.74) is 7.52. The van der Waals surface area contributed by atoms with Crippen LogP contribution in [-0.2, 0) is 0 Å². The van der Waals surface area contributed by atoms with Crippen molar-refractivity contribution in [3.05, 3.63) is 46.8 Å². The Balaban J connectivity index is 2.89. The Morgan fingerprint density at radius 3 is 2.71 bits per heavy atom. The maximum absolute atomic E-state index is 13.0. The highest BCUT2D eigenvalue weighted by atomic mass is 35.5. The van der Waals surface area contributed by atoms with Crippen LogP contribution in [0.5, 0.6) is 0 Å². The lowest BCUT2D eigenvalue weighted by molar-refractivity contribution is 0.618. The Kier molecular flexibility index (Phi) is 3.67. The van der Waals surface area contributed by atoms with Crippen LogP contribution in [0.4, 0.5) is 4.39 Å². The van der Waals surface area contributed by atoms with Crippen LogP contribution < -0.4 is 5.73 Å². The molecule has 0 heterocycles. The van der Waals surface area contributed by atoms with E-state index in [9.17, 15) is 4.39 Å². The van der Waals surface area contributed by atoms with Gasteiger partial charge in [-0.2, -0.15) is 0 Å². The molecule has 1 aromatic rings. The summed E-state index contributed by atoms with van der Waals surface area (Å²) in [6, 6.07) is 4.11. The summed E-state index contributed by atoms with van der Waals surface area (Å²) in [5.74, 6) is -0.357. The molecule has 0 aliphatic rings. The molecule has 14 heavy (non-hydrogen) atoms. The molecule has 0 aliphatic heterocycles. The SMILES string of the molecule is C=C(C)C[C@@H](N)c1cc(F)cc(Cl)c1. The Morgan fingerprint density at radius 2 is 2.21 bits per heavy atom. The smallest absolute Gasteiger partial charge is 0.125 e. The monoisotopic (exact) mass is 213 g/mol. The number of nitrogens with two attached hydrogens (primary N) is 1. The second-order valence-corrected chi connectivity index (χ2v) is 3.91. The van der Waals surface area contributed by atoms with Crippen molar-refractivity contribution in [2.45, 2.75) is 19.4 Å². The van der Waals surface area contributed by atoms with E-state index in [1.54, 1.807) is 6.07 Å². The van der Waals surface area contributed by atoms with Crippen molar-refractivity contribution in [3.8, 4) is 0 Å². The number of benzene rings is 1. The lowest BCUT2D eigenvalue weighted by Crippen LogP contribution is -2.10. The molecule has 0 aliphatic carbocycles. The molecule has 2 N–H and O–H groups in total. The Hall–Kier alpha value is -0.860. The van der Waals surface area contributed by atoms with Gasteiger partial charge in [-0.25, -0.2) is 4.39 Å². The average Bonchev–Trinajstić information content (AvgIpc) is 2.00. The first-order valence-electron chi connectivity index (χ1n) is 4.35. The molecule has 3 heteroatoms. The van der Waals surface area contributed by atoms with Crippen molar-refractivity contribution in [1.82, 2.24) is 0 Å². The zero-order valence-corrected chi connectivity index (χ0v) is 8.81. The summed E-state index contributed by atoms with van der Waals surface area (Å²) in [7, 11) is 0. The van der Waals surface area contributed by atoms with Gasteiger partial charge >= 0.3 is 0 Å². The Bertz CT molecular complexity index is 329. The first kappa shape index (κ1) is 11.2. The van der Waals surface area contributed by atoms with Gasteiger partial charge in [-0.15, -0.1) is 6.58 Å². The summed E-state index contributed by atoms with van der Waals surface area (Å²) in [4.78, 5) is 0. The zero-order valence-electron chi connectivity index (χ0n) is 8.06. The molecule has 1 aromatic carbocycles. The summed E-state index contributed by atoms with van der Waals surface area (Å²) >= 11 is 5.71. The molecular weight excluding hydrogens is 201 g/mol. The predicted octanol–water partition coefficient (Wildman–Crippen LogP) is 3.45. The third kappa shape index (κ3) is 3.13. The quantitative estimate of drug-likeness (QED) is 0.765. The predicted molar refractivity (Wildman–Crippen MR) is 57.8 cm³/mol. The minimum absolute atomic E-state index is 0.235. The molecule has 0 radical (unpaired) electrons. The molecule has 0 amide bonds. The van der Waals surface area contributed by atoms with Gasteiger partial charge in [-0.3, -0.25) is 0 Å². The highest BCUT2D eigenvalue weighted by molar-refractivity contribution is 6.30. The molecule has 0 bridgehead atoms. The van der Waals surface area contributed by atoms with E-state index >= 15 is 0 Å². The van der Waals surface area contributed by atoms with Gasteiger partial charge in [0.15, 0.2) is 0 Å². The molecule has 0 saturated heterocycles. The first-order chi connectivity index (χ1) is 6.49. The number of rotatable bonds is 3. The zero-order chi connectivity index (χ0) is 10.7. The summed E-state index contributed by atoms with van der Waals surface area (Å²) in [6.45, 7) is 5.65. The maximum Gasteiger partial charge on any atom is 0.125 e. The van der Waals surface area contributed by atoms with Crippen molar-refractivity contribution in [2.75, 3.05) is 0 Å². The van der Waals surface area contributed by atoms with E-state index < -0.39 is 0 Å².